The van der Waals surface area contributed by atoms with E-state index in [2.05, 4.69) is 48.6 Å². The molecule has 1 fully saturated rings. The van der Waals surface area contributed by atoms with E-state index >= 15 is 0 Å². The van der Waals surface area contributed by atoms with Gasteiger partial charge in [-0.05, 0) is 26.0 Å². The molecule has 18 heavy (non-hydrogen) atoms. The Morgan fingerprint density at radius 1 is 1.17 bits per heavy atom. The third-order valence-corrected chi connectivity index (χ3v) is 3.47. The zero-order valence-electron chi connectivity index (χ0n) is 11.1. The maximum atomic E-state index is 5.77. The predicted octanol–water partition coefficient (Wildman–Crippen LogP) is 2.19. The first-order valence-corrected chi connectivity index (χ1v) is 6.47. The van der Waals surface area contributed by atoms with E-state index in [1.165, 1.54) is 5.52 Å². The molecule has 2 atom stereocenters. The van der Waals surface area contributed by atoms with E-state index in [4.69, 9.17) is 9.72 Å². The summed E-state index contributed by atoms with van der Waals surface area (Å²) in [5.41, 5.74) is 2.24. The number of fused-ring (bicyclic) bond motifs is 1. The summed E-state index contributed by atoms with van der Waals surface area (Å²) in [5.74, 6) is 1.04. The van der Waals surface area contributed by atoms with Crippen LogP contribution in [0.25, 0.3) is 11.0 Å². The number of nitrogens with zero attached hydrogens (tertiary/aromatic N) is 3. The van der Waals surface area contributed by atoms with Crippen LogP contribution in [0.3, 0.4) is 0 Å². The number of morpholine rings is 1. The normalized spacial score (nSPS) is 24.7. The van der Waals surface area contributed by atoms with Gasteiger partial charge in [0.15, 0.2) is 0 Å². The van der Waals surface area contributed by atoms with Gasteiger partial charge in [0.25, 0.3) is 0 Å². The summed E-state index contributed by atoms with van der Waals surface area (Å²) in [6.45, 7) is 6.04. The molecule has 1 aliphatic heterocycles. The summed E-state index contributed by atoms with van der Waals surface area (Å²) in [7, 11) is 2.08. The number of aromatic nitrogens is 2. The highest BCUT2D eigenvalue weighted by molar-refractivity contribution is 5.78. The molecule has 3 rings (SSSR count). The third-order valence-electron chi connectivity index (χ3n) is 3.47. The van der Waals surface area contributed by atoms with Gasteiger partial charge in [0, 0.05) is 20.1 Å². The van der Waals surface area contributed by atoms with Crippen LogP contribution < -0.4 is 4.90 Å². The van der Waals surface area contributed by atoms with Gasteiger partial charge in [0.1, 0.15) is 0 Å². The SMILES string of the molecule is C[C@H]1CN(c2nc3ccccc3n2C)C[C@H](C)O1. The summed E-state index contributed by atoms with van der Waals surface area (Å²) in [6.07, 6.45) is 0.516. The molecule has 1 aliphatic rings. The molecule has 0 N–H and O–H groups in total. The van der Waals surface area contributed by atoms with E-state index in [1.54, 1.807) is 0 Å². The molecule has 0 amide bonds. The van der Waals surface area contributed by atoms with Gasteiger partial charge in [-0.25, -0.2) is 4.98 Å². The van der Waals surface area contributed by atoms with Gasteiger partial charge in [0.2, 0.25) is 5.95 Å². The molecule has 1 aromatic heterocycles. The number of anilines is 1. The highest BCUT2D eigenvalue weighted by atomic mass is 16.5. The number of rotatable bonds is 1. The lowest BCUT2D eigenvalue weighted by atomic mass is 10.2. The fourth-order valence-electron chi connectivity index (χ4n) is 2.76. The summed E-state index contributed by atoms with van der Waals surface area (Å²) >= 11 is 0. The molecule has 0 unspecified atom stereocenters. The smallest absolute Gasteiger partial charge is 0.206 e. The summed E-state index contributed by atoms with van der Waals surface area (Å²) in [4.78, 5) is 7.06. The number of imidazole rings is 1. The first-order valence-electron chi connectivity index (χ1n) is 6.47. The summed E-state index contributed by atoms with van der Waals surface area (Å²) < 4.78 is 7.94. The van der Waals surface area contributed by atoms with Crippen molar-refractivity contribution in [2.75, 3.05) is 18.0 Å². The highest BCUT2D eigenvalue weighted by Gasteiger charge is 2.25. The zero-order valence-corrected chi connectivity index (χ0v) is 11.1. The van der Waals surface area contributed by atoms with Crippen molar-refractivity contribution in [2.24, 2.45) is 7.05 Å². The molecule has 96 valence electrons. The van der Waals surface area contributed by atoms with E-state index < -0.39 is 0 Å². The van der Waals surface area contributed by atoms with Crippen molar-refractivity contribution in [3.05, 3.63) is 24.3 Å². The fraction of sp³-hybridized carbons (Fsp3) is 0.500. The Kier molecular flexibility index (Phi) is 2.74. The average molecular weight is 245 g/mol. The molecule has 2 aromatic rings. The van der Waals surface area contributed by atoms with Crippen molar-refractivity contribution in [1.82, 2.24) is 9.55 Å². The largest absolute Gasteiger partial charge is 0.372 e. The second-order valence-corrected chi connectivity index (χ2v) is 5.12. The van der Waals surface area contributed by atoms with Crippen molar-refractivity contribution in [1.29, 1.82) is 0 Å². The Hall–Kier alpha value is -1.55. The van der Waals surface area contributed by atoms with Crippen LogP contribution in [0, 0.1) is 0 Å². The zero-order chi connectivity index (χ0) is 12.7. The molecular formula is C14H19N3O. The molecule has 0 aliphatic carbocycles. The van der Waals surface area contributed by atoms with Crippen molar-refractivity contribution >= 4 is 17.0 Å². The predicted molar refractivity (Wildman–Crippen MR) is 72.9 cm³/mol. The number of para-hydroxylation sites is 2. The van der Waals surface area contributed by atoms with Crippen LogP contribution in [0.15, 0.2) is 24.3 Å². The Morgan fingerprint density at radius 2 is 1.83 bits per heavy atom. The number of aryl methyl sites for hydroxylation is 1. The van der Waals surface area contributed by atoms with Gasteiger partial charge in [0.05, 0.1) is 23.2 Å². The quantitative estimate of drug-likeness (QED) is 0.771. The molecule has 2 heterocycles. The second-order valence-electron chi connectivity index (χ2n) is 5.12. The Morgan fingerprint density at radius 3 is 2.50 bits per heavy atom. The summed E-state index contributed by atoms with van der Waals surface area (Å²) in [6, 6.07) is 8.26. The van der Waals surface area contributed by atoms with Gasteiger partial charge in [-0.2, -0.15) is 0 Å². The van der Waals surface area contributed by atoms with Gasteiger partial charge >= 0.3 is 0 Å². The Bertz CT molecular complexity index is 553. The minimum Gasteiger partial charge on any atom is -0.372 e. The number of ether oxygens (including phenoxy) is 1. The van der Waals surface area contributed by atoms with Crippen molar-refractivity contribution in [3.8, 4) is 0 Å². The van der Waals surface area contributed by atoms with Crippen LogP contribution in [0.1, 0.15) is 13.8 Å². The molecule has 4 heteroatoms. The lowest BCUT2D eigenvalue weighted by Gasteiger charge is -2.35. The molecular weight excluding hydrogens is 226 g/mol. The summed E-state index contributed by atoms with van der Waals surface area (Å²) in [5, 5.41) is 0. The van der Waals surface area contributed by atoms with Crippen molar-refractivity contribution in [3.63, 3.8) is 0 Å². The first kappa shape index (κ1) is 11.5. The van der Waals surface area contributed by atoms with E-state index in [9.17, 15) is 0 Å². The molecule has 0 radical (unpaired) electrons. The van der Waals surface area contributed by atoms with Gasteiger partial charge < -0.3 is 14.2 Å². The molecule has 4 nitrogen and oxygen atoms in total. The van der Waals surface area contributed by atoms with Crippen LogP contribution >= 0.6 is 0 Å². The van der Waals surface area contributed by atoms with Crippen LogP contribution in [0.2, 0.25) is 0 Å². The van der Waals surface area contributed by atoms with Crippen molar-refractivity contribution in [2.45, 2.75) is 26.1 Å². The van der Waals surface area contributed by atoms with Crippen LogP contribution in [0.4, 0.5) is 5.95 Å². The Labute approximate surface area is 107 Å². The van der Waals surface area contributed by atoms with Gasteiger partial charge in [-0.15, -0.1) is 0 Å². The molecule has 0 saturated carbocycles. The third kappa shape index (κ3) is 1.86. The standard InChI is InChI=1S/C14H19N3O/c1-10-8-17(9-11(2)18-10)14-15-12-6-4-5-7-13(12)16(14)3/h4-7,10-11H,8-9H2,1-3H3/t10-,11-/m0/s1. The monoisotopic (exact) mass is 245 g/mol. The number of hydrogen-bond acceptors (Lipinski definition) is 3. The minimum atomic E-state index is 0.258. The van der Waals surface area contributed by atoms with Crippen LogP contribution in [0.5, 0.6) is 0 Å². The number of hydrogen-bond donors (Lipinski definition) is 0. The van der Waals surface area contributed by atoms with Crippen molar-refractivity contribution < 1.29 is 4.74 Å². The molecule has 0 bridgehead atoms. The van der Waals surface area contributed by atoms with E-state index in [0.29, 0.717) is 0 Å². The lowest BCUT2D eigenvalue weighted by Crippen LogP contribution is -2.46. The van der Waals surface area contributed by atoms with E-state index in [1.807, 2.05) is 6.07 Å². The Balaban J connectivity index is 2.01. The molecule has 1 saturated heterocycles. The highest BCUT2D eigenvalue weighted by Crippen LogP contribution is 2.23. The molecule has 1 aromatic carbocycles. The van der Waals surface area contributed by atoms with Crippen LogP contribution in [-0.4, -0.2) is 34.8 Å². The van der Waals surface area contributed by atoms with Gasteiger partial charge in [-0.1, -0.05) is 12.1 Å². The second kappa shape index (κ2) is 4.28. The maximum absolute atomic E-state index is 5.77. The van der Waals surface area contributed by atoms with E-state index in [0.717, 1.165) is 24.6 Å². The topological polar surface area (TPSA) is 30.3 Å². The average Bonchev–Trinajstić information content (AvgIpc) is 2.66. The fourth-order valence-corrected chi connectivity index (χ4v) is 2.76. The number of benzene rings is 1. The maximum Gasteiger partial charge on any atom is 0.206 e. The van der Waals surface area contributed by atoms with Crippen LogP contribution in [-0.2, 0) is 11.8 Å². The van der Waals surface area contributed by atoms with E-state index in [-0.39, 0.29) is 12.2 Å². The van der Waals surface area contributed by atoms with Gasteiger partial charge in [-0.3, -0.25) is 0 Å². The minimum absolute atomic E-state index is 0.258. The first-order chi connectivity index (χ1) is 8.65. The lowest BCUT2D eigenvalue weighted by molar-refractivity contribution is -0.00582. The molecule has 0 spiro atoms.